The summed E-state index contributed by atoms with van der Waals surface area (Å²) in [5.41, 5.74) is 5.49. The first-order valence-corrected chi connectivity index (χ1v) is 8.99. The molecule has 1 saturated heterocycles. The van der Waals surface area contributed by atoms with Gasteiger partial charge in [-0.1, -0.05) is 32.6 Å². The van der Waals surface area contributed by atoms with E-state index in [-0.39, 0.29) is 18.0 Å². The molecule has 3 amide bonds. The highest BCUT2D eigenvalue weighted by Crippen LogP contribution is 2.22. The van der Waals surface area contributed by atoms with E-state index in [0.717, 1.165) is 32.1 Å². The quantitative estimate of drug-likeness (QED) is 0.424. The number of rotatable bonds is 12. The number of carbonyl (C=O) groups excluding carboxylic acids is 2. The number of likely N-dealkylation sites (N-methyl/N-ethyl adjacent to an activating group) is 1. The molecule has 23 heavy (non-hydrogen) atoms. The van der Waals surface area contributed by atoms with Crippen LogP contribution in [0.3, 0.4) is 0 Å². The first-order chi connectivity index (χ1) is 11.0. The van der Waals surface area contributed by atoms with Crippen molar-refractivity contribution in [3.8, 4) is 0 Å². The summed E-state index contributed by atoms with van der Waals surface area (Å²) in [6, 6.07) is -0.628. The van der Waals surface area contributed by atoms with Gasteiger partial charge in [-0.2, -0.15) is 0 Å². The predicted octanol–water partition coefficient (Wildman–Crippen LogP) is 2.10. The molecule has 1 fully saturated rings. The molecular weight excluding hydrogens is 294 g/mol. The van der Waals surface area contributed by atoms with Gasteiger partial charge < -0.3 is 15.7 Å². The van der Waals surface area contributed by atoms with Gasteiger partial charge in [-0.25, -0.2) is 4.79 Å². The number of carbonyl (C=O) groups is 2. The third-order valence-electron chi connectivity index (χ3n) is 4.55. The zero-order valence-corrected chi connectivity index (χ0v) is 14.7. The van der Waals surface area contributed by atoms with Crippen molar-refractivity contribution in [3.05, 3.63) is 0 Å². The molecule has 6 nitrogen and oxygen atoms in total. The van der Waals surface area contributed by atoms with Crippen LogP contribution < -0.4 is 5.73 Å². The van der Waals surface area contributed by atoms with E-state index in [1.807, 2.05) is 0 Å². The summed E-state index contributed by atoms with van der Waals surface area (Å²) >= 11 is 0. The predicted molar refractivity (Wildman–Crippen MR) is 90.9 cm³/mol. The molecule has 0 radical (unpaired) electrons. The number of nitrogens with two attached hydrogens (primary N) is 1. The average molecular weight is 327 g/mol. The second-order valence-electron chi connectivity index (χ2n) is 6.47. The van der Waals surface area contributed by atoms with E-state index >= 15 is 0 Å². The van der Waals surface area contributed by atoms with Gasteiger partial charge in [0.2, 0.25) is 0 Å². The number of hydrogen-bond donors (Lipinski definition) is 2. The fourth-order valence-electron chi connectivity index (χ4n) is 3.03. The van der Waals surface area contributed by atoms with E-state index in [1.165, 1.54) is 24.8 Å². The maximum Gasteiger partial charge on any atom is 0.327 e. The van der Waals surface area contributed by atoms with Crippen LogP contribution in [0.4, 0.5) is 4.79 Å². The van der Waals surface area contributed by atoms with E-state index in [4.69, 9.17) is 5.73 Å². The maximum absolute atomic E-state index is 12.2. The molecule has 0 spiro atoms. The summed E-state index contributed by atoms with van der Waals surface area (Å²) in [5, 5.41) is 10.1. The summed E-state index contributed by atoms with van der Waals surface area (Å²) < 4.78 is 0. The highest BCUT2D eigenvalue weighted by atomic mass is 16.3. The minimum atomic E-state index is -0.398. The Bertz CT molecular complexity index is 376. The van der Waals surface area contributed by atoms with Crippen LogP contribution in [0.2, 0.25) is 0 Å². The Morgan fingerprint density at radius 3 is 2.52 bits per heavy atom. The number of imide groups is 1. The van der Waals surface area contributed by atoms with Crippen LogP contribution in [0.5, 0.6) is 0 Å². The Kier molecular flexibility index (Phi) is 9.17. The molecule has 0 aromatic carbocycles. The van der Waals surface area contributed by atoms with Crippen molar-refractivity contribution < 1.29 is 14.7 Å². The minimum absolute atomic E-state index is 0.135. The molecule has 6 heteroatoms. The molecule has 1 aliphatic rings. The molecule has 0 bridgehead atoms. The van der Waals surface area contributed by atoms with Crippen LogP contribution in [0.15, 0.2) is 0 Å². The summed E-state index contributed by atoms with van der Waals surface area (Å²) in [6.07, 6.45) is 7.78. The van der Waals surface area contributed by atoms with E-state index in [9.17, 15) is 14.7 Å². The number of amides is 3. The summed E-state index contributed by atoms with van der Waals surface area (Å²) in [6.45, 7) is 3.20. The Hall–Kier alpha value is -1.14. The number of urea groups is 1. The first kappa shape index (κ1) is 19.9. The van der Waals surface area contributed by atoms with E-state index < -0.39 is 6.10 Å². The SMILES string of the molecule is CCCCCCC(O)CCN1C(=O)N(C)C(=O)C1CCCCN. The Morgan fingerprint density at radius 1 is 1.13 bits per heavy atom. The third kappa shape index (κ3) is 6.11. The summed E-state index contributed by atoms with van der Waals surface area (Å²) in [7, 11) is 1.53. The number of aliphatic hydroxyl groups is 1. The van der Waals surface area contributed by atoms with Gasteiger partial charge in [0.1, 0.15) is 6.04 Å². The molecule has 0 aromatic heterocycles. The highest BCUT2D eigenvalue weighted by Gasteiger charge is 2.42. The Balaban J connectivity index is 2.44. The molecule has 0 saturated carbocycles. The van der Waals surface area contributed by atoms with E-state index in [2.05, 4.69) is 6.92 Å². The summed E-state index contributed by atoms with van der Waals surface area (Å²) in [4.78, 5) is 27.2. The van der Waals surface area contributed by atoms with Crippen molar-refractivity contribution in [2.24, 2.45) is 5.73 Å². The second kappa shape index (κ2) is 10.6. The van der Waals surface area contributed by atoms with E-state index in [0.29, 0.717) is 25.9 Å². The van der Waals surface area contributed by atoms with Gasteiger partial charge in [-0.3, -0.25) is 9.69 Å². The fourth-order valence-corrected chi connectivity index (χ4v) is 3.03. The van der Waals surface area contributed by atoms with Crippen molar-refractivity contribution in [1.29, 1.82) is 0 Å². The number of unbranched alkanes of at least 4 members (excludes halogenated alkanes) is 4. The van der Waals surface area contributed by atoms with Crippen molar-refractivity contribution >= 4 is 11.9 Å². The molecule has 1 heterocycles. The number of aliphatic hydroxyl groups excluding tert-OH is 1. The topological polar surface area (TPSA) is 86.9 Å². The van der Waals surface area contributed by atoms with Gasteiger partial charge in [0.25, 0.3) is 5.91 Å². The third-order valence-corrected chi connectivity index (χ3v) is 4.55. The molecule has 1 aliphatic heterocycles. The maximum atomic E-state index is 12.2. The highest BCUT2D eigenvalue weighted by molar-refractivity contribution is 6.03. The molecule has 0 aromatic rings. The number of nitrogens with zero attached hydrogens (tertiary/aromatic N) is 2. The molecular formula is C17H33N3O3. The second-order valence-corrected chi connectivity index (χ2v) is 6.47. The van der Waals surface area contributed by atoms with Crippen molar-refractivity contribution in [2.45, 2.75) is 76.9 Å². The van der Waals surface area contributed by atoms with Gasteiger partial charge in [-0.05, 0) is 38.6 Å². The van der Waals surface area contributed by atoms with Crippen molar-refractivity contribution in [2.75, 3.05) is 20.1 Å². The van der Waals surface area contributed by atoms with Crippen molar-refractivity contribution in [3.63, 3.8) is 0 Å². The molecule has 134 valence electrons. The standard InChI is InChI=1S/C17H33N3O3/c1-3-4-5-6-9-14(21)11-13-20-15(10-7-8-12-18)16(22)19(2)17(20)23/h14-15,21H,3-13,18H2,1-2H3. The first-order valence-electron chi connectivity index (χ1n) is 8.99. The van der Waals surface area contributed by atoms with Crippen LogP contribution in [-0.2, 0) is 4.79 Å². The van der Waals surface area contributed by atoms with Gasteiger partial charge >= 0.3 is 6.03 Å². The van der Waals surface area contributed by atoms with Gasteiger partial charge in [0, 0.05) is 13.6 Å². The van der Waals surface area contributed by atoms with Crippen LogP contribution in [-0.4, -0.2) is 59.1 Å². The van der Waals surface area contributed by atoms with Gasteiger partial charge in [-0.15, -0.1) is 0 Å². The molecule has 3 N–H and O–H groups in total. The minimum Gasteiger partial charge on any atom is -0.393 e. The van der Waals surface area contributed by atoms with Crippen LogP contribution >= 0.6 is 0 Å². The molecule has 1 rings (SSSR count). The summed E-state index contributed by atoms with van der Waals surface area (Å²) in [5.74, 6) is -0.135. The van der Waals surface area contributed by atoms with Crippen molar-refractivity contribution in [1.82, 2.24) is 9.80 Å². The lowest BCUT2D eigenvalue weighted by atomic mass is 10.1. The van der Waals surface area contributed by atoms with Crippen LogP contribution in [0.25, 0.3) is 0 Å². The molecule has 0 aliphatic carbocycles. The van der Waals surface area contributed by atoms with Crippen LogP contribution in [0, 0.1) is 0 Å². The largest absolute Gasteiger partial charge is 0.393 e. The normalized spacial score (nSPS) is 19.7. The Labute approximate surface area is 140 Å². The lowest BCUT2D eigenvalue weighted by Crippen LogP contribution is -2.37. The molecule has 2 unspecified atom stereocenters. The molecule has 2 atom stereocenters. The zero-order chi connectivity index (χ0) is 17.2. The van der Waals surface area contributed by atoms with Gasteiger partial charge in [0.15, 0.2) is 0 Å². The monoisotopic (exact) mass is 327 g/mol. The van der Waals surface area contributed by atoms with E-state index in [1.54, 1.807) is 4.90 Å². The lowest BCUT2D eigenvalue weighted by molar-refractivity contribution is -0.127. The Morgan fingerprint density at radius 2 is 1.87 bits per heavy atom. The smallest absolute Gasteiger partial charge is 0.327 e. The lowest BCUT2D eigenvalue weighted by Gasteiger charge is -2.23. The van der Waals surface area contributed by atoms with Crippen LogP contribution in [0.1, 0.15) is 64.7 Å². The number of hydrogen-bond acceptors (Lipinski definition) is 4. The van der Waals surface area contributed by atoms with Gasteiger partial charge in [0.05, 0.1) is 6.10 Å². The average Bonchev–Trinajstić information content (AvgIpc) is 2.74. The zero-order valence-electron chi connectivity index (χ0n) is 14.7. The fraction of sp³-hybridized carbons (Fsp3) is 0.882.